The standard InChI is InChI=1S/C27H24O8/c1-30-18-7-4-16(5-8-18)25-19(10-15-11-20(28)26(32-3)23(12-15)31-2)24(27(29)35-25)17-6-9-21-22(13-17)34-14-33-21/h4-9,11-13,25,28H,10,14H2,1-3H3. The largest absolute Gasteiger partial charge is 0.504 e. The van der Waals surface area contributed by atoms with Crippen molar-refractivity contribution in [2.75, 3.05) is 28.1 Å². The lowest BCUT2D eigenvalue weighted by molar-refractivity contribution is -0.138. The van der Waals surface area contributed by atoms with Crippen LogP contribution in [0.3, 0.4) is 0 Å². The average Bonchev–Trinajstić information content (AvgIpc) is 3.47. The predicted molar refractivity (Wildman–Crippen MR) is 126 cm³/mol. The number of aromatic hydroxyl groups is 1. The zero-order valence-corrected chi connectivity index (χ0v) is 19.5. The molecule has 5 rings (SSSR count). The second-order valence-electron chi connectivity index (χ2n) is 8.05. The number of ether oxygens (including phenoxy) is 6. The van der Waals surface area contributed by atoms with E-state index in [2.05, 4.69) is 0 Å². The Morgan fingerprint density at radius 2 is 1.69 bits per heavy atom. The number of fused-ring (bicyclic) bond motifs is 1. The van der Waals surface area contributed by atoms with Crippen molar-refractivity contribution in [3.05, 3.63) is 76.9 Å². The molecule has 0 aliphatic carbocycles. The lowest BCUT2D eigenvalue weighted by Gasteiger charge is -2.17. The molecule has 3 aromatic rings. The minimum atomic E-state index is -0.621. The summed E-state index contributed by atoms with van der Waals surface area (Å²) in [7, 11) is 4.55. The molecule has 0 aromatic heterocycles. The van der Waals surface area contributed by atoms with Crippen LogP contribution in [0, 0.1) is 0 Å². The third-order valence-corrected chi connectivity index (χ3v) is 6.06. The number of methoxy groups -OCH3 is 3. The van der Waals surface area contributed by atoms with Gasteiger partial charge in [0.25, 0.3) is 0 Å². The topological polar surface area (TPSA) is 92.7 Å². The van der Waals surface area contributed by atoms with E-state index in [1.807, 2.05) is 30.3 Å². The summed E-state index contributed by atoms with van der Waals surface area (Å²) < 4.78 is 32.7. The van der Waals surface area contributed by atoms with Crippen molar-refractivity contribution in [2.45, 2.75) is 12.5 Å². The highest BCUT2D eigenvalue weighted by Gasteiger charge is 2.36. The van der Waals surface area contributed by atoms with E-state index < -0.39 is 12.1 Å². The van der Waals surface area contributed by atoms with Crippen molar-refractivity contribution in [3.8, 4) is 34.5 Å². The molecule has 180 valence electrons. The number of hydrogen-bond acceptors (Lipinski definition) is 8. The van der Waals surface area contributed by atoms with E-state index in [1.165, 1.54) is 14.2 Å². The van der Waals surface area contributed by atoms with Crippen LogP contribution in [-0.2, 0) is 16.0 Å². The SMILES string of the molecule is COc1ccc(C2OC(=O)C(c3ccc4c(c3)OCO4)=C2Cc2cc(O)c(OC)c(OC)c2)cc1. The molecule has 35 heavy (non-hydrogen) atoms. The number of esters is 1. The van der Waals surface area contributed by atoms with E-state index in [4.69, 9.17) is 28.4 Å². The van der Waals surface area contributed by atoms with Crippen molar-refractivity contribution in [3.63, 3.8) is 0 Å². The Balaban J connectivity index is 1.63. The van der Waals surface area contributed by atoms with Gasteiger partial charge in [-0.15, -0.1) is 0 Å². The molecule has 2 heterocycles. The molecule has 0 bridgehead atoms. The molecule has 0 saturated heterocycles. The maximum atomic E-state index is 13.2. The quantitative estimate of drug-likeness (QED) is 0.501. The predicted octanol–water partition coefficient (Wildman–Crippen LogP) is 4.44. The number of phenols is 1. The highest BCUT2D eigenvalue weighted by molar-refractivity contribution is 6.20. The number of hydrogen-bond donors (Lipinski definition) is 1. The molecule has 3 aromatic carbocycles. The molecule has 1 unspecified atom stereocenters. The van der Waals surface area contributed by atoms with Gasteiger partial charge in [-0.1, -0.05) is 18.2 Å². The normalized spacial score (nSPS) is 16.3. The fourth-order valence-electron chi connectivity index (χ4n) is 4.41. The van der Waals surface area contributed by atoms with E-state index in [1.54, 1.807) is 31.4 Å². The van der Waals surface area contributed by atoms with Gasteiger partial charge in [0.05, 0.1) is 26.9 Å². The minimum absolute atomic E-state index is 0.0571. The average molecular weight is 476 g/mol. The third kappa shape index (κ3) is 4.07. The fourth-order valence-corrected chi connectivity index (χ4v) is 4.41. The van der Waals surface area contributed by atoms with Crippen molar-refractivity contribution in [1.82, 2.24) is 0 Å². The summed E-state index contributed by atoms with van der Waals surface area (Å²) >= 11 is 0. The molecule has 1 N–H and O–H groups in total. The molecular weight excluding hydrogens is 452 g/mol. The molecule has 0 amide bonds. The van der Waals surface area contributed by atoms with Crippen molar-refractivity contribution in [1.29, 1.82) is 0 Å². The van der Waals surface area contributed by atoms with Crippen LogP contribution in [0.15, 0.2) is 60.2 Å². The van der Waals surface area contributed by atoms with Gasteiger partial charge in [0.15, 0.2) is 23.0 Å². The van der Waals surface area contributed by atoms with Gasteiger partial charge in [0.1, 0.15) is 11.9 Å². The first-order chi connectivity index (χ1) is 17.0. The van der Waals surface area contributed by atoms with Crippen LogP contribution in [-0.4, -0.2) is 39.2 Å². The molecule has 0 fully saturated rings. The van der Waals surface area contributed by atoms with E-state index in [0.29, 0.717) is 40.6 Å². The molecule has 8 nitrogen and oxygen atoms in total. The number of benzene rings is 3. The number of cyclic esters (lactones) is 1. The Hall–Kier alpha value is -4.33. The molecule has 0 saturated carbocycles. The monoisotopic (exact) mass is 476 g/mol. The Morgan fingerprint density at radius 3 is 2.40 bits per heavy atom. The van der Waals surface area contributed by atoms with Crippen LogP contribution in [0.4, 0.5) is 0 Å². The molecule has 1 atom stereocenters. The number of carbonyl (C=O) groups is 1. The van der Waals surface area contributed by atoms with E-state index in [-0.39, 0.29) is 18.3 Å². The van der Waals surface area contributed by atoms with Crippen molar-refractivity contribution >= 4 is 11.5 Å². The Bertz CT molecular complexity index is 1310. The van der Waals surface area contributed by atoms with Gasteiger partial charge in [0.2, 0.25) is 12.5 Å². The first-order valence-corrected chi connectivity index (χ1v) is 10.9. The van der Waals surface area contributed by atoms with Crippen LogP contribution in [0.5, 0.6) is 34.5 Å². The second-order valence-corrected chi connectivity index (χ2v) is 8.05. The van der Waals surface area contributed by atoms with Crippen molar-refractivity contribution < 1.29 is 38.3 Å². The van der Waals surface area contributed by atoms with Gasteiger partial charge in [-0.25, -0.2) is 4.79 Å². The molecule has 2 aliphatic rings. The first-order valence-electron chi connectivity index (χ1n) is 10.9. The fraction of sp³-hybridized carbons (Fsp3) is 0.222. The highest BCUT2D eigenvalue weighted by atomic mass is 16.7. The Kier molecular flexibility index (Phi) is 5.86. The number of phenolic OH excluding ortho intramolecular Hbond substituents is 1. The smallest absolute Gasteiger partial charge is 0.339 e. The third-order valence-electron chi connectivity index (χ3n) is 6.06. The highest BCUT2D eigenvalue weighted by Crippen LogP contribution is 2.45. The van der Waals surface area contributed by atoms with Crippen LogP contribution < -0.4 is 23.7 Å². The molecule has 0 spiro atoms. The van der Waals surface area contributed by atoms with Gasteiger partial charge >= 0.3 is 5.97 Å². The minimum Gasteiger partial charge on any atom is -0.504 e. The maximum Gasteiger partial charge on any atom is 0.339 e. The van der Waals surface area contributed by atoms with Gasteiger partial charge in [-0.2, -0.15) is 0 Å². The summed E-state index contributed by atoms with van der Waals surface area (Å²) in [4.78, 5) is 13.2. The molecule has 0 radical (unpaired) electrons. The van der Waals surface area contributed by atoms with Crippen LogP contribution in [0.2, 0.25) is 0 Å². The zero-order valence-electron chi connectivity index (χ0n) is 19.5. The summed E-state index contributed by atoms with van der Waals surface area (Å²) in [6.07, 6.45) is -0.302. The summed E-state index contributed by atoms with van der Waals surface area (Å²) in [5, 5.41) is 10.5. The van der Waals surface area contributed by atoms with Crippen molar-refractivity contribution in [2.24, 2.45) is 0 Å². The van der Waals surface area contributed by atoms with E-state index in [9.17, 15) is 9.90 Å². The number of carbonyl (C=O) groups excluding carboxylic acids is 1. The maximum absolute atomic E-state index is 13.2. The van der Waals surface area contributed by atoms with Gasteiger partial charge in [-0.05, 0) is 65.1 Å². The zero-order chi connectivity index (χ0) is 24.5. The summed E-state index contributed by atoms with van der Waals surface area (Å²) in [6, 6.07) is 16.1. The Labute approximate surface area is 202 Å². The molecule has 8 heteroatoms. The lowest BCUT2D eigenvalue weighted by atomic mass is 9.90. The number of rotatable bonds is 7. The summed E-state index contributed by atoms with van der Waals surface area (Å²) in [6.45, 7) is 0.133. The molecule has 2 aliphatic heterocycles. The lowest BCUT2D eigenvalue weighted by Crippen LogP contribution is -2.05. The Morgan fingerprint density at radius 1 is 0.914 bits per heavy atom. The van der Waals surface area contributed by atoms with Crippen LogP contribution in [0.25, 0.3) is 5.57 Å². The van der Waals surface area contributed by atoms with Crippen LogP contribution >= 0.6 is 0 Å². The van der Waals surface area contributed by atoms with Gasteiger partial charge in [-0.3, -0.25) is 0 Å². The van der Waals surface area contributed by atoms with E-state index in [0.717, 1.165) is 16.7 Å². The molecular formula is C27H24O8. The second kappa shape index (κ2) is 9.13. The summed E-state index contributed by atoms with van der Waals surface area (Å²) in [5.74, 6) is 2.02. The summed E-state index contributed by atoms with van der Waals surface area (Å²) in [5.41, 5.74) is 3.37. The van der Waals surface area contributed by atoms with Gasteiger partial charge in [0, 0.05) is 0 Å². The first kappa shape index (κ1) is 22.5. The van der Waals surface area contributed by atoms with Crippen LogP contribution in [0.1, 0.15) is 22.8 Å². The van der Waals surface area contributed by atoms with Gasteiger partial charge < -0.3 is 33.5 Å². The van der Waals surface area contributed by atoms with E-state index >= 15 is 0 Å².